The Morgan fingerprint density at radius 2 is 1.81 bits per heavy atom. The lowest BCUT2D eigenvalue weighted by molar-refractivity contribution is 0.0440. The number of hydrogen-bond acceptors (Lipinski definition) is 5. The lowest BCUT2D eigenvalue weighted by atomic mass is 10.1. The van der Waals surface area contributed by atoms with Crippen molar-refractivity contribution in [2.24, 2.45) is 0 Å². The van der Waals surface area contributed by atoms with E-state index in [1.807, 2.05) is 44.2 Å². The summed E-state index contributed by atoms with van der Waals surface area (Å²) in [5.74, 6) is -0.0490. The van der Waals surface area contributed by atoms with Crippen molar-refractivity contribution in [2.45, 2.75) is 26.5 Å². The molecule has 0 amide bonds. The Bertz CT molecular complexity index is 1170. The van der Waals surface area contributed by atoms with Gasteiger partial charge in [-0.3, -0.25) is 4.79 Å². The van der Waals surface area contributed by atoms with Crippen LogP contribution in [0.2, 0.25) is 0 Å². The third kappa shape index (κ3) is 3.10. The fraction of sp³-hybridized carbons (Fsp3) is 0.190. The van der Waals surface area contributed by atoms with E-state index in [-0.39, 0.29) is 23.9 Å². The van der Waals surface area contributed by atoms with Crippen LogP contribution in [0.4, 0.5) is 0 Å². The van der Waals surface area contributed by atoms with Crippen LogP contribution >= 0.6 is 0 Å². The first-order chi connectivity index (χ1) is 13.0. The Kier molecular flexibility index (Phi) is 4.24. The van der Waals surface area contributed by atoms with Gasteiger partial charge in [0.05, 0.1) is 11.4 Å². The molecule has 0 spiro atoms. The van der Waals surface area contributed by atoms with Crippen molar-refractivity contribution in [3.05, 3.63) is 76.4 Å². The number of carbonyl (C=O) groups excluding carboxylic acids is 1. The highest BCUT2D eigenvalue weighted by Crippen LogP contribution is 2.20. The number of rotatable bonds is 4. The van der Waals surface area contributed by atoms with Crippen LogP contribution in [-0.2, 0) is 11.3 Å². The molecule has 2 aromatic heterocycles. The van der Waals surface area contributed by atoms with Gasteiger partial charge in [0, 0.05) is 10.8 Å². The maximum atomic E-state index is 12.7. The summed E-state index contributed by atoms with van der Waals surface area (Å²) in [7, 11) is 0. The number of hydrogen-bond donors (Lipinski definition) is 0. The van der Waals surface area contributed by atoms with Crippen LogP contribution < -0.4 is 5.56 Å². The molecule has 0 aliphatic rings. The molecule has 6 heteroatoms. The Labute approximate surface area is 155 Å². The standard InChI is InChI=1S/C21H18N2O4/c1-13(2)23-20(24)17-9-5-4-8-16(17)19(22-23)21(25)26-12-15-11-14-7-3-6-10-18(14)27-15/h3-11,13H,12H2,1-2H3. The van der Waals surface area contributed by atoms with Crippen LogP contribution in [0.3, 0.4) is 0 Å². The number of carbonyl (C=O) groups is 1. The zero-order valence-corrected chi connectivity index (χ0v) is 15.0. The highest BCUT2D eigenvalue weighted by molar-refractivity contribution is 6.02. The Hall–Kier alpha value is -3.41. The number of esters is 1. The smallest absolute Gasteiger partial charge is 0.359 e. The third-order valence-corrected chi connectivity index (χ3v) is 4.33. The third-order valence-electron chi connectivity index (χ3n) is 4.33. The molecular weight excluding hydrogens is 344 g/mol. The number of furan rings is 1. The molecule has 136 valence electrons. The van der Waals surface area contributed by atoms with Crippen LogP contribution in [-0.4, -0.2) is 15.7 Å². The van der Waals surface area contributed by atoms with Crippen molar-refractivity contribution in [1.82, 2.24) is 9.78 Å². The van der Waals surface area contributed by atoms with Gasteiger partial charge in [-0.05, 0) is 32.0 Å². The highest BCUT2D eigenvalue weighted by atomic mass is 16.5. The first-order valence-electron chi connectivity index (χ1n) is 8.71. The maximum absolute atomic E-state index is 12.7. The summed E-state index contributed by atoms with van der Waals surface area (Å²) in [6.07, 6.45) is 0. The average molecular weight is 362 g/mol. The Morgan fingerprint density at radius 1 is 1.11 bits per heavy atom. The van der Waals surface area contributed by atoms with Gasteiger partial charge in [0.15, 0.2) is 5.69 Å². The average Bonchev–Trinajstić information content (AvgIpc) is 3.09. The molecule has 0 unspecified atom stereocenters. The minimum absolute atomic E-state index is 0.00960. The largest absolute Gasteiger partial charge is 0.457 e. The molecule has 0 saturated heterocycles. The summed E-state index contributed by atoms with van der Waals surface area (Å²) < 4.78 is 12.4. The predicted octanol–water partition coefficient (Wildman–Crippen LogP) is 4.08. The number of benzene rings is 2. The van der Waals surface area contributed by atoms with Crippen molar-refractivity contribution in [1.29, 1.82) is 0 Å². The van der Waals surface area contributed by atoms with Gasteiger partial charge < -0.3 is 9.15 Å². The van der Waals surface area contributed by atoms with Crippen molar-refractivity contribution in [3.8, 4) is 0 Å². The quantitative estimate of drug-likeness (QED) is 0.511. The van der Waals surface area contributed by atoms with Crippen LogP contribution in [0.15, 0.2) is 63.8 Å². The lowest BCUT2D eigenvalue weighted by Crippen LogP contribution is -2.27. The topological polar surface area (TPSA) is 74.3 Å². The Morgan fingerprint density at radius 3 is 2.56 bits per heavy atom. The van der Waals surface area contributed by atoms with Gasteiger partial charge in [-0.25, -0.2) is 9.48 Å². The van der Waals surface area contributed by atoms with Gasteiger partial charge in [-0.1, -0.05) is 36.4 Å². The van der Waals surface area contributed by atoms with Gasteiger partial charge in [0.1, 0.15) is 18.0 Å². The monoisotopic (exact) mass is 362 g/mol. The van der Waals surface area contributed by atoms with Crippen molar-refractivity contribution in [3.63, 3.8) is 0 Å². The van der Waals surface area contributed by atoms with Gasteiger partial charge >= 0.3 is 5.97 Å². The van der Waals surface area contributed by atoms with Crippen LogP contribution in [0.25, 0.3) is 21.7 Å². The molecule has 0 N–H and O–H groups in total. The summed E-state index contributed by atoms with van der Waals surface area (Å²) in [6.45, 7) is 3.67. The summed E-state index contributed by atoms with van der Waals surface area (Å²) in [4.78, 5) is 25.2. The van der Waals surface area contributed by atoms with Crippen molar-refractivity contribution < 1.29 is 13.9 Å². The molecular formula is C21H18N2O4. The summed E-state index contributed by atoms with van der Waals surface area (Å²) in [5.41, 5.74) is 0.630. The molecule has 2 heterocycles. The fourth-order valence-corrected chi connectivity index (χ4v) is 3.02. The molecule has 0 aliphatic heterocycles. The van der Waals surface area contributed by atoms with Gasteiger partial charge in [0.2, 0.25) is 0 Å². The van der Waals surface area contributed by atoms with E-state index < -0.39 is 5.97 Å². The number of fused-ring (bicyclic) bond motifs is 2. The summed E-state index contributed by atoms with van der Waals surface area (Å²) >= 11 is 0. The minimum atomic E-state index is -0.596. The number of aromatic nitrogens is 2. The molecule has 0 saturated carbocycles. The fourth-order valence-electron chi connectivity index (χ4n) is 3.02. The Balaban J connectivity index is 1.67. The van der Waals surface area contributed by atoms with E-state index in [2.05, 4.69) is 5.10 Å². The number of para-hydroxylation sites is 1. The van der Waals surface area contributed by atoms with E-state index >= 15 is 0 Å². The van der Waals surface area contributed by atoms with Crippen molar-refractivity contribution in [2.75, 3.05) is 0 Å². The highest BCUT2D eigenvalue weighted by Gasteiger charge is 2.19. The zero-order chi connectivity index (χ0) is 19.0. The first-order valence-corrected chi connectivity index (χ1v) is 8.71. The minimum Gasteiger partial charge on any atom is -0.457 e. The van der Waals surface area contributed by atoms with E-state index in [9.17, 15) is 9.59 Å². The SMILES string of the molecule is CC(C)n1nc(C(=O)OCc2cc3ccccc3o2)c2ccccc2c1=O. The van der Waals surface area contributed by atoms with Crippen LogP contribution in [0.5, 0.6) is 0 Å². The van der Waals surface area contributed by atoms with E-state index in [1.165, 1.54) is 4.68 Å². The number of nitrogens with zero attached hydrogens (tertiary/aromatic N) is 2. The molecule has 0 fully saturated rings. The predicted molar refractivity (Wildman–Crippen MR) is 102 cm³/mol. The van der Waals surface area contributed by atoms with E-state index in [4.69, 9.17) is 9.15 Å². The number of ether oxygens (including phenoxy) is 1. The molecule has 27 heavy (non-hydrogen) atoms. The van der Waals surface area contributed by atoms with Gasteiger partial charge in [-0.2, -0.15) is 5.10 Å². The molecule has 4 rings (SSSR count). The van der Waals surface area contributed by atoms with E-state index in [0.717, 1.165) is 11.0 Å². The van der Waals surface area contributed by atoms with Gasteiger partial charge in [0.25, 0.3) is 5.56 Å². The molecule has 2 aromatic carbocycles. The second kappa shape index (κ2) is 6.72. The summed E-state index contributed by atoms with van der Waals surface area (Å²) in [5, 5.41) is 6.12. The molecule has 0 radical (unpaired) electrons. The van der Waals surface area contributed by atoms with Crippen LogP contribution in [0.1, 0.15) is 36.1 Å². The van der Waals surface area contributed by atoms with E-state index in [1.54, 1.807) is 24.3 Å². The maximum Gasteiger partial charge on any atom is 0.359 e. The molecule has 6 nitrogen and oxygen atoms in total. The molecule has 0 atom stereocenters. The zero-order valence-electron chi connectivity index (χ0n) is 15.0. The first kappa shape index (κ1) is 17.0. The molecule has 0 aliphatic carbocycles. The normalized spacial score (nSPS) is 11.4. The van der Waals surface area contributed by atoms with Gasteiger partial charge in [-0.15, -0.1) is 0 Å². The molecule has 4 aromatic rings. The second-order valence-corrected chi connectivity index (χ2v) is 6.56. The molecule has 0 bridgehead atoms. The van der Waals surface area contributed by atoms with Crippen LogP contribution in [0, 0.1) is 0 Å². The summed E-state index contributed by atoms with van der Waals surface area (Å²) in [6, 6.07) is 16.2. The van der Waals surface area contributed by atoms with Crippen molar-refractivity contribution >= 4 is 27.7 Å². The lowest BCUT2D eigenvalue weighted by Gasteiger charge is -2.12. The van der Waals surface area contributed by atoms with E-state index in [0.29, 0.717) is 16.5 Å². The second-order valence-electron chi connectivity index (χ2n) is 6.56.